The largest absolute Gasteiger partial charge is 0.342 e. The summed E-state index contributed by atoms with van der Waals surface area (Å²) in [4.78, 5) is 15.2. The number of nitrogens with two attached hydrogens (primary N) is 1. The lowest BCUT2D eigenvalue weighted by Crippen LogP contribution is -2.52. The van der Waals surface area contributed by atoms with Crippen LogP contribution in [-0.4, -0.2) is 29.9 Å². The van der Waals surface area contributed by atoms with Crippen molar-refractivity contribution in [1.82, 2.24) is 4.90 Å². The van der Waals surface area contributed by atoms with E-state index in [1.807, 2.05) is 0 Å². The highest BCUT2D eigenvalue weighted by Gasteiger charge is 2.48. The Morgan fingerprint density at radius 2 is 1.70 bits per heavy atom. The van der Waals surface area contributed by atoms with Crippen LogP contribution in [0.2, 0.25) is 0 Å². The predicted octanol–water partition coefficient (Wildman–Crippen LogP) is 2.64. The number of likely N-dealkylation sites (tertiary alicyclic amines) is 1. The molecule has 0 radical (unpaired) electrons. The lowest BCUT2D eigenvalue weighted by atomic mass is 9.60. The smallest absolute Gasteiger partial charge is 0.226 e. The van der Waals surface area contributed by atoms with E-state index in [-0.39, 0.29) is 17.4 Å². The number of hydrogen-bond donors (Lipinski definition) is 1. The van der Waals surface area contributed by atoms with Crippen molar-refractivity contribution in [1.29, 1.82) is 0 Å². The third kappa shape index (κ3) is 2.18. The molecule has 20 heavy (non-hydrogen) atoms. The van der Waals surface area contributed by atoms with Gasteiger partial charge in [-0.2, -0.15) is 0 Å². The minimum Gasteiger partial charge on any atom is -0.342 e. The van der Waals surface area contributed by atoms with E-state index in [2.05, 4.69) is 25.7 Å². The second-order valence-corrected chi connectivity index (χ2v) is 8.10. The first-order valence-electron chi connectivity index (χ1n) is 8.45. The van der Waals surface area contributed by atoms with Gasteiger partial charge in [-0.05, 0) is 48.9 Å². The Hall–Kier alpha value is -0.570. The van der Waals surface area contributed by atoms with Gasteiger partial charge in [0.2, 0.25) is 5.91 Å². The van der Waals surface area contributed by atoms with Crippen LogP contribution in [0.5, 0.6) is 0 Å². The van der Waals surface area contributed by atoms with Crippen molar-refractivity contribution in [3.05, 3.63) is 0 Å². The highest BCUT2D eigenvalue weighted by molar-refractivity contribution is 5.80. The van der Waals surface area contributed by atoms with Gasteiger partial charge in [0.25, 0.3) is 0 Å². The molecule has 0 aromatic rings. The van der Waals surface area contributed by atoms with E-state index in [4.69, 9.17) is 5.73 Å². The van der Waals surface area contributed by atoms with Crippen LogP contribution in [0.15, 0.2) is 0 Å². The fourth-order valence-corrected chi connectivity index (χ4v) is 4.93. The monoisotopic (exact) mass is 278 g/mol. The zero-order valence-electron chi connectivity index (χ0n) is 13.3. The van der Waals surface area contributed by atoms with Gasteiger partial charge >= 0.3 is 0 Å². The maximum Gasteiger partial charge on any atom is 0.226 e. The molecule has 0 aromatic carbocycles. The predicted molar refractivity (Wildman–Crippen MR) is 81.1 cm³/mol. The highest BCUT2D eigenvalue weighted by Crippen LogP contribution is 2.46. The number of amides is 1. The molecule has 114 valence electrons. The molecule has 5 atom stereocenters. The molecule has 2 saturated carbocycles. The molecular formula is C17H30N2O. The van der Waals surface area contributed by atoms with Gasteiger partial charge in [-0.15, -0.1) is 0 Å². The average molecular weight is 278 g/mol. The summed E-state index contributed by atoms with van der Waals surface area (Å²) < 4.78 is 0. The van der Waals surface area contributed by atoms with Crippen LogP contribution in [0.3, 0.4) is 0 Å². The van der Waals surface area contributed by atoms with E-state index >= 15 is 0 Å². The molecule has 2 N–H and O–H groups in total. The molecule has 1 aliphatic heterocycles. The highest BCUT2D eigenvalue weighted by atomic mass is 16.2. The molecule has 0 spiro atoms. The van der Waals surface area contributed by atoms with Crippen molar-refractivity contribution in [2.45, 2.75) is 58.9 Å². The van der Waals surface area contributed by atoms with Crippen LogP contribution in [0.4, 0.5) is 0 Å². The van der Waals surface area contributed by atoms with Crippen LogP contribution in [0, 0.1) is 29.1 Å². The summed E-state index contributed by atoms with van der Waals surface area (Å²) in [5.74, 6) is 2.61. The number of hydrogen-bond acceptors (Lipinski definition) is 2. The Morgan fingerprint density at radius 1 is 1.10 bits per heavy atom. The first kappa shape index (κ1) is 14.4. The number of carbonyl (C=O) groups excluding carboxylic acids is 1. The zero-order valence-corrected chi connectivity index (χ0v) is 13.3. The molecule has 5 unspecified atom stereocenters. The first-order valence-corrected chi connectivity index (χ1v) is 8.45. The average Bonchev–Trinajstić information content (AvgIpc) is 2.96. The third-order valence-electron chi connectivity index (χ3n) is 6.84. The summed E-state index contributed by atoms with van der Waals surface area (Å²) in [6, 6.07) is 0.256. The van der Waals surface area contributed by atoms with Crippen molar-refractivity contribution in [2.75, 3.05) is 13.1 Å². The molecule has 3 fully saturated rings. The quantitative estimate of drug-likeness (QED) is 0.801. The molecule has 3 rings (SSSR count). The molecule has 2 aliphatic carbocycles. The van der Waals surface area contributed by atoms with Crippen LogP contribution >= 0.6 is 0 Å². The Morgan fingerprint density at radius 3 is 2.30 bits per heavy atom. The molecule has 1 amide bonds. The van der Waals surface area contributed by atoms with Crippen molar-refractivity contribution < 1.29 is 4.79 Å². The summed E-state index contributed by atoms with van der Waals surface area (Å²) >= 11 is 0. The van der Waals surface area contributed by atoms with Crippen molar-refractivity contribution in [2.24, 2.45) is 34.8 Å². The van der Waals surface area contributed by atoms with E-state index in [9.17, 15) is 4.79 Å². The molecule has 0 aromatic heterocycles. The van der Waals surface area contributed by atoms with Gasteiger partial charge in [-0.3, -0.25) is 4.79 Å². The second-order valence-electron chi connectivity index (χ2n) is 8.10. The standard InChI is InChI=1S/C17H30N2O/c1-11-15(18)8-7-14(17(11,2)3)16(20)19-9-12-5-4-6-13(12)10-19/h11-15H,4-10,18H2,1-3H3. The van der Waals surface area contributed by atoms with Gasteiger partial charge in [0.15, 0.2) is 0 Å². The van der Waals surface area contributed by atoms with Crippen molar-refractivity contribution in [3.63, 3.8) is 0 Å². The summed E-state index contributed by atoms with van der Waals surface area (Å²) in [5, 5.41) is 0. The Kier molecular flexibility index (Phi) is 3.60. The SMILES string of the molecule is CC1C(N)CCC(C(=O)N2CC3CCCC3C2)C1(C)C. The summed E-state index contributed by atoms with van der Waals surface area (Å²) in [7, 11) is 0. The van der Waals surface area contributed by atoms with E-state index < -0.39 is 0 Å². The van der Waals surface area contributed by atoms with Gasteiger partial charge in [-0.25, -0.2) is 0 Å². The topological polar surface area (TPSA) is 46.3 Å². The summed E-state index contributed by atoms with van der Waals surface area (Å²) in [6.45, 7) is 8.77. The van der Waals surface area contributed by atoms with Gasteiger partial charge in [0.05, 0.1) is 0 Å². The van der Waals surface area contributed by atoms with Crippen LogP contribution in [-0.2, 0) is 4.79 Å². The Labute approximate surface area is 123 Å². The van der Waals surface area contributed by atoms with Gasteiger partial charge in [0.1, 0.15) is 0 Å². The molecule has 1 saturated heterocycles. The fourth-order valence-electron chi connectivity index (χ4n) is 4.93. The van der Waals surface area contributed by atoms with Crippen LogP contribution < -0.4 is 5.73 Å². The maximum absolute atomic E-state index is 13.0. The first-order chi connectivity index (χ1) is 9.41. The number of nitrogens with zero attached hydrogens (tertiary/aromatic N) is 1. The van der Waals surface area contributed by atoms with E-state index in [1.165, 1.54) is 19.3 Å². The molecule has 3 heteroatoms. The molecule has 1 heterocycles. The van der Waals surface area contributed by atoms with Crippen molar-refractivity contribution >= 4 is 5.91 Å². The summed E-state index contributed by atoms with van der Waals surface area (Å²) in [6.07, 6.45) is 6.02. The Bertz CT molecular complexity index is 380. The minimum absolute atomic E-state index is 0.0342. The Balaban J connectivity index is 1.71. The summed E-state index contributed by atoms with van der Waals surface area (Å²) in [5.41, 5.74) is 6.25. The molecular weight excluding hydrogens is 248 g/mol. The third-order valence-corrected chi connectivity index (χ3v) is 6.84. The van der Waals surface area contributed by atoms with Crippen LogP contribution in [0.25, 0.3) is 0 Å². The van der Waals surface area contributed by atoms with Crippen molar-refractivity contribution in [3.8, 4) is 0 Å². The number of fused-ring (bicyclic) bond motifs is 1. The number of carbonyl (C=O) groups is 1. The normalized spacial score (nSPS) is 43.6. The molecule has 3 aliphatic rings. The van der Waals surface area contributed by atoms with E-state index in [0.717, 1.165) is 37.8 Å². The van der Waals surface area contributed by atoms with E-state index in [1.54, 1.807) is 0 Å². The lowest BCUT2D eigenvalue weighted by Gasteiger charge is -2.47. The van der Waals surface area contributed by atoms with Gasteiger partial charge in [-0.1, -0.05) is 27.2 Å². The van der Waals surface area contributed by atoms with Gasteiger partial charge < -0.3 is 10.6 Å². The number of rotatable bonds is 1. The van der Waals surface area contributed by atoms with E-state index in [0.29, 0.717) is 11.8 Å². The molecule has 3 nitrogen and oxygen atoms in total. The zero-order chi connectivity index (χ0) is 14.5. The fraction of sp³-hybridized carbons (Fsp3) is 0.941. The molecule has 0 bridgehead atoms. The lowest BCUT2D eigenvalue weighted by molar-refractivity contribution is -0.142. The minimum atomic E-state index is 0.0342. The van der Waals surface area contributed by atoms with Gasteiger partial charge in [0, 0.05) is 25.0 Å². The second kappa shape index (κ2) is 5.01. The van der Waals surface area contributed by atoms with Crippen LogP contribution in [0.1, 0.15) is 52.9 Å². The maximum atomic E-state index is 13.0.